The van der Waals surface area contributed by atoms with Crippen LogP contribution in [0.3, 0.4) is 0 Å². The van der Waals surface area contributed by atoms with E-state index in [0.717, 1.165) is 32.7 Å². The predicted octanol–water partition coefficient (Wildman–Crippen LogP) is 3.45. The lowest BCUT2D eigenvalue weighted by Crippen LogP contribution is -2.50. The van der Waals surface area contributed by atoms with E-state index in [9.17, 15) is 0 Å². The topological polar surface area (TPSA) is 27.3 Å². The van der Waals surface area contributed by atoms with Gasteiger partial charge in [-0.3, -0.25) is 4.90 Å². The third-order valence-corrected chi connectivity index (χ3v) is 5.54. The van der Waals surface area contributed by atoms with Gasteiger partial charge in [0.1, 0.15) is 0 Å². The average molecular weight is 335 g/mol. The molecule has 1 fully saturated rings. The molecule has 0 unspecified atom stereocenters. The molecular formula is C22H29N3. The third-order valence-electron chi connectivity index (χ3n) is 5.54. The molecule has 1 aliphatic heterocycles. The molecule has 1 saturated heterocycles. The van der Waals surface area contributed by atoms with Gasteiger partial charge in [-0.05, 0) is 48.4 Å². The average Bonchev–Trinajstić information content (AvgIpc) is 3.13. The fraction of sp³-hybridized carbons (Fsp3) is 0.455. The number of anilines is 1. The molecule has 132 valence electrons. The number of hydrogen-bond donors (Lipinski definition) is 2. The highest BCUT2D eigenvalue weighted by Crippen LogP contribution is 2.28. The monoisotopic (exact) mass is 335 g/mol. The highest BCUT2D eigenvalue weighted by Gasteiger charge is 2.19. The number of piperazine rings is 1. The Morgan fingerprint density at radius 1 is 1.04 bits per heavy atom. The van der Waals surface area contributed by atoms with E-state index in [0.29, 0.717) is 6.04 Å². The van der Waals surface area contributed by atoms with Crippen LogP contribution in [0.15, 0.2) is 48.5 Å². The molecule has 3 heteroatoms. The molecule has 0 saturated carbocycles. The normalized spacial score (nSPS) is 20.4. The van der Waals surface area contributed by atoms with Crippen molar-refractivity contribution in [1.82, 2.24) is 10.2 Å². The molecule has 2 aromatic carbocycles. The minimum atomic E-state index is 0.585. The quantitative estimate of drug-likeness (QED) is 0.847. The zero-order valence-corrected chi connectivity index (χ0v) is 15.0. The molecule has 0 bridgehead atoms. The number of rotatable bonds is 6. The van der Waals surface area contributed by atoms with E-state index >= 15 is 0 Å². The van der Waals surface area contributed by atoms with Crippen LogP contribution in [0.2, 0.25) is 0 Å². The van der Waals surface area contributed by atoms with E-state index in [4.69, 9.17) is 0 Å². The van der Waals surface area contributed by atoms with E-state index in [1.165, 1.54) is 36.9 Å². The molecule has 4 rings (SSSR count). The van der Waals surface area contributed by atoms with E-state index in [1.807, 2.05) is 0 Å². The molecule has 0 radical (unpaired) electrons. The lowest BCUT2D eigenvalue weighted by Gasteiger charge is -2.34. The largest absolute Gasteiger partial charge is 0.385 e. The van der Waals surface area contributed by atoms with Crippen LogP contribution >= 0.6 is 0 Å². The molecule has 0 spiro atoms. The Morgan fingerprint density at radius 2 is 1.96 bits per heavy atom. The summed E-state index contributed by atoms with van der Waals surface area (Å²) in [4.78, 5) is 2.58. The highest BCUT2D eigenvalue weighted by atomic mass is 15.2. The van der Waals surface area contributed by atoms with E-state index < -0.39 is 0 Å². The van der Waals surface area contributed by atoms with Crippen LogP contribution < -0.4 is 10.6 Å². The molecular weight excluding hydrogens is 306 g/mol. The molecule has 3 nitrogen and oxygen atoms in total. The smallest absolute Gasteiger partial charge is 0.0375 e. The molecule has 2 N–H and O–H groups in total. The highest BCUT2D eigenvalue weighted by molar-refractivity contribution is 5.56. The van der Waals surface area contributed by atoms with Gasteiger partial charge in [0.2, 0.25) is 0 Å². The Hall–Kier alpha value is -1.84. The summed E-state index contributed by atoms with van der Waals surface area (Å²) < 4.78 is 0. The number of aryl methyl sites for hydroxylation is 1. The number of nitrogens with one attached hydrogen (secondary N) is 2. The van der Waals surface area contributed by atoms with Gasteiger partial charge in [0.25, 0.3) is 0 Å². The van der Waals surface area contributed by atoms with E-state index in [-0.39, 0.29) is 0 Å². The number of hydrogen-bond acceptors (Lipinski definition) is 3. The van der Waals surface area contributed by atoms with Crippen molar-refractivity contribution in [3.63, 3.8) is 0 Å². The summed E-state index contributed by atoms with van der Waals surface area (Å²) in [6.45, 7) is 5.50. The summed E-state index contributed by atoms with van der Waals surface area (Å²) in [6, 6.07) is 18.2. The van der Waals surface area contributed by atoms with E-state index in [2.05, 4.69) is 64.1 Å². The number of nitrogens with zero attached hydrogens (tertiary/aromatic N) is 1. The molecule has 0 amide bonds. The van der Waals surface area contributed by atoms with Crippen molar-refractivity contribution in [1.29, 1.82) is 0 Å². The first-order chi connectivity index (χ1) is 12.4. The Balaban J connectivity index is 1.26. The number of benzene rings is 2. The second kappa shape index (κ2) is 8.03. The lowest BCUT2D eigenvalue weighted by atomic mass is 10.1. The maximum Gasteiger partial charge on any atom is 0.0375 e. The van der Waals surface area contributed by atoms with E-state index in [1.54, 1.807) is 11.1 Å². The molecule has 25 heavy (non-hydrogen) atoms. The van der Waals surface area contributed by atoms with Gasteiger partial charge in [0.05, 0.1) is 0 Å². The summed E-state index contributed by atoms with van der Waals surface area (Å²) in [5, 5.41) is 7.39. The molecule has 1 heterocycles. The maximum absolute atomic E-state index is 3.70. The van der Waals surface area contributed by atoms with Crippen molar-refractivity contribution in [3.8, 4) is 0 Å². The standard InChI is InChI=1S/C22H29N3/c1-2-6-18(7-3-1)16-25-15-14-23-20(17-25)12-13-24-22-11-5-9-19-8-4-10-21(19)22/h1-3,5-7,9,11,20,23-24H,4,8,10,12-17H2/t20-/m1/s1. The maximum atomic E-state index is 3.70. The fourth-order valence-corrected chi connectivity index (χ4v) is 4.24. The molecule has 2 aliphatic rings. The van der Waals surface area contributed by atoms with Crippen molar-refractivity contribution in [2.75, 3.05) is 31.5 Å². The summed E-state index contributed by atoms with van der Waals surface area (Å²) in [6.07, 6.45) is 4.98. The second-order valence-electron chi connectivity index (χ2n) is 7.38. The second-order valence-corrected chi connectivity index (χ2v) is 7.38. The Morgan fingerprint density at radius 3 is 2.88 bits per heavy atom. The fourth-order valence-electron chi connectivity index (χ4n) is 4.24. The Kier molecular flexibility index (Phi) is 5.34. The minimum Gasteiger partial charge on any atom is -0.385 e. The minimum absolute atomic E-state index is 0.585. The van der Waals surface area contributed by atoms with Crippen LogP contribution in [-0.2, 0) is 19.4 Å². The lowest BCUT2D eigenvalue weighted by molar-refractivity contribution is 0.189. The molecule has 1 aliphatic carbocycles. The number of fused-ring (bicyclic) bond motifs is 1. The van der Waals surface area contributed by atoms with Gasteiger partial charge in [-0.25, -0.2) is 0 Å². The van der Waals surface area contributed by atoms with Gasteiger partial charge in [-0.1, -0.05) is 42.5 Å². The van der Waals surface area contributed by atoms with Crippen LogP contribution in [-0.4, -0.2) is 37.1 Å². The molecule has 0 aromatic heterocycles. The van der Waals surface area contributed by atoms with Gasteiger partial charge in [-0.15, -0.1) is 0 Å². The SMILES string of the molecule is c1ccc(CN2CCN[C@H](CCNc3cccc4c3CCC4)C2)cc1. The van der Waals surface area contributed by atoms with Gasteiger partial charge in [0.15, 0.2) is 0 Å². The van der Waals surface area contributed by atoms with Gasteiger partial charge in [-0.2, -0.15) is 0 Å². The summed E-state index contributed by atoms with van der Waals surface area (Å²) in [7, 11) is 0. The molecule has 1 atom stereocenters. The molecule has 2 aromatic rings. The van der Waals surface area contributed by atoms with Gasteiger partial charge < -0.3 is 10.6 Å². The first-order valence-corrected chi connectivity index (χ1v) is 9.73. The Bertz CT molecular complexity index is 683. The zero-order chi connectivity index (χ0) is 16.9. The van der Waals surface area contributed by atoms with Crippen molar-refractivity contribution in [2.45, 2.75) is 38.3 Å². The van der Waals surface area contributed by atoms with Crippen molar-refractivity contribution in [2.24, 2.45) is 0 Å². The summed E-state index contributed by atoms with van der Waals surface area (Å²) in [5.74, 6) is 0. The van der Waals surface area contributed by atoms with Crippen LogP contribution in [0.1, 0.15) is 29.5 Å². The first kappa shape index (κ1) is 16.6. The van der Waals surface area contributed by atoms with Gasteiger partial charge >= 0.3 is 0 Å². The van der Waals surface area contributed by atoms with Crippen molar-refractivity contribution < 1.29 is 0 Å². The van der Waals surface area contributed by atoms with Crippen LogP contribution in [0.5, 0.6) is 0 Å². The Labute approximate surface area is 151 Å². The van der Waals surface area contributed by atoms with Crippen LogP contribution in [0.4, 0.5) is 5.69 Å². The van der Waals surface area contributed by atoms with Crippen molar-refractivity contribution in [3.05, 3.63) is 65.2 Å². The zero-order valence-electron chi connectivity index (χ0n) is 15.0. The van der Waals surface area contributed by atoms with Crippen LogP contribution in [0, 0.1) is 0 Å². The first-order valence-electron chi connectivity index (χ1n) is 9.73. The summed E-state index contributed by atoms with van der Waals surface area (Å²) in [5.41, 5.74) is 5.90. The van der Waals surface area contributed by atoms with Crippen molar-refractivity contribution >= 4 is 5.69 Å². The van der Waals surface area contributed by atoms with Crippen LogP contribution in [0.25, 0.3) is 0 Å². The van der Waals surface area contributed by atoms with Gasteiger partial charge in [0, 0.05) is 44.5 Å². The predicted molar refractivity (Wildman–Crippen MR) is 105 cm³/mol. The third kappa shape index (κ3) is 4.23. The summed E-state index contributed by atoms with van der Waals surface area (Å²) >= 11 is 0.